The number of hydrogen-bond donors (Lipinski definition) is 1. The van der Waals surface area contributed by atoms with E-state index in [0.29, 0.717) is 0 Å². The van der Waals surface area contributed by atoms with Crippen molar-refractivity contribution in [1.29, 1.82) is 0 Å². The van der Waals surface area contributed by atoms with E-state index in [4.69, 9.17) is 12.2 Å². The van der Waals surface area contributed by atoms with E-state index in [9.17, 15) is 18.0 Å². The maximum absolute atomic E-state index is 12.6. The second-order valence-corrected chi connectivity index (χ2v) is 4.34. The van der Waals surface area contributed by atoms with Crippen molar-refractivity contribution >= 4 is 17.3 Å². The van der Waals surface area contributed by atoms with Crippen LogP contribution < -0.4 is 10.6 Å². The first-order valence-electron chi connectivity index (χ1n) is 5.56. The summed E-state index contributed by atoms with van der Waals surface area (Å²) in [6.45, 7) is 0.195. The normalized spacial score (nSPS) is 19.6. The molecule has 6 heteroatoms. The van der Waals surface area contributed by atoms with Crippen LogP contribution in [0.4, 0.5) is 24.5 Å². The monoisotopic (exact) mass is 268 g/mol. The zero-order valence-electron chi connectivity index (χ0n) is 9.87. The Morgan fingerprint density at radius 3 is 2.63 bits per heavy atom. The summed E-state index contributed by atoms with van der Waals surface area (Å²) in [6.07, 6.45) is 0.889. The van der Waals surface area contributed by atoms with Crippen molar-refractivity contribution in [3.8, 4) is 12.3 Å². The molecule has 1 aromatic rings. The Kier molecular flexibility index (Phi) is 3.14. The van der Waals surface area contributed by atoms with E-state index in [1.807, 2.05) is 0 Å². The molecule has 0 bridgehead atoms. The minimum Gasteiger partial charge on any atom is -0.397 e. The molecule has 1 aromatic carbocycles. The number of nitrogen functional groups attached to an aromatic ring is 1. The van der Waals surface area contributed by atoms with Gasteiger partial charge in [0.15, 0.2) is 0 Å². The molecule has 19 heavy (non-hydrogen) atoms. The maximum atomic E-state index is 12.6. The van der Waals surface area contributed by atoms with Crippen LogP contribution in [0.2, 0.25) is 0 Å². The summed E-state index contributed by atoms with van der Waals surface area (Å²) in [7, 11) is 0. The van der Waals surface area contributed by atoms with Crippen molar-refractivity contribution in [2.45, 2.75) is 12.6 Å². The van der Waals surface area contributed by atoms with E-state index >= 15 is 0 Å². The largest absolute Gasteiger partial charge is 0.416 e. The summed E-state index contributed by atoms with van der Waals surface area (Å²) in [4.78, 5) is 13.0. The molecule has 1 unspecified atom stereocenters. The van der Waals surface area contributed by atoms with Gasteiger partial charge in [0, 0.05) is 18.9 Å². The third-order valence-corrected chi connectivity index (χ3v) is 3.01. The van der Waals surface area contributed by atoms with Gasteiger partial charge in [-0.2, -0.15) is 13.2 Å². The predicted octanol–water partition coefficient (Wildman–Crippen LogP) is 2.27. The average Bonchev–Trinajstić information content (AvgIpc) is 2.69. The lowest BCUT2D eigenvalue weighted by Gasteiger charge is -2.19. The number of benzene rings is 1. The number of halogens is 3. The molecule has 1 aliphatic rings. The van der Waals surface area contributed by atoms with Gasteiger partial charge in [-0.15, -0.1) is 12.3 Å². The number of nitrogens with zero attached hydrogens (tertiary/aromatic N) is 1. The lowest BCUT2D eigenvalue weighted by Crippen LogP contribution is -2.26. The molecule has 0 aliphatic carbocycles. The Labute approximate surface area is 108 Å². The Morgan fingerprint density at radius 1 is 1.42 bits per heavy atom. The second kappa shape index (κ2) is 4.50. The number of terminal acetylenes is 1. The van der Waals surface area contributed by atoms with Gasteiger partial charge in [0.1, 0.15) is 0 Å². The number of hydrogen-bond acceptors (Lipinski definition) is 2. The van der Waals surface area contributed by atoms with Gasteiger partial charge in [-0.3, -0.25) is 4.79 Å². The lowest BCUT2D eigenvalue weighted by atomic mass is 10.1. The first kappa shape index (κ1) is 13.3. The van der Waals surface area contributed by atoms with Gasteiger partial charge in [0.05, 0.1) is 16.9 Å². The summed E-state index contributed by atoms with van der Waals surface area (Å²) in [5.41, 5.74) is 5.00. The van der Waals surface area contributed by atoms with E-state index in [1.54, 1.807) is 0 Å². The molecule has 2 N–H and O–H groups in total. The van der Waals surface area contributed by atoms with Crippen LogP contribution in [0.1, 0.15) is 12.0 Å². The van der Waals surface area contributed by atoms with Gasteiger partial charge in [-0.25, -0.2) is 0 Å². The Hall–Kier alpha value is -2.16. The summed E-state index contributed by atoms with van der Waals surface area (Å²) < 4.78 is 37.9. The maximum Gasteiger partial charge on any atom is 0.416 e. The van der Waals surface area contributed by atoms with E-state index in [-0.39, 0.29) is 36.2 Å². The number of carbonyl (C=O) groups is 1. The molecule has 1 atom stereocenters. The SMILES string of the molecule is C#CC1CC(=O)N(c2cc(C(F)(F)F)ccc2N)C1. The highest BCUT2D eigenvalue weighted by molar-refractivity contribution is 5.98. The smallest absolute Gasteiger partial charge is 0.397 e. The molecule has 1 heterocycles. The first-order chi connectivity index (χ1) is 8.82. The van der Waals surface area contributed by atoms with Gasteiger partial charge in [-0.1, -0.05) is 0 Å². The number of carbonyl (C=O) groups excluding carboxylic acids is 1. The van der Waals surface area contributed by atoms with Crippen molar-refractivity contribution in [2.75, 3.05) is 17.2 Å². The summed E-state index contributed by atoms with van der Waals surface area (Å²) in [5, 5.41) is 0. The van der Waals surface area contributed by atoms with Crippen LogP contribution in [0.3, 0.4) is 0 Å². The number of rotatable bonds is 1. The van der Waals surface area contributed by atoms with Crippen LogP contribution in [0.15, 0.2) is 18.2 Å². The standard InChI is InChI=1S/C13H11F3N2O/c1-2-8-5-12(19)18(7-8)11-6-9(13(14,15)16)3-4-10(11)17/h1,3-4,6,8H,5,7,17H2. The van der Waals surface area contributed by atoms with Crippen molar-refractivity contribution in [1.82, 2.24) is 0 Å². The molecule has 0 saturated carbocycles. The molecule has 2 rings (SSSR count). The fraction of sp³-hybridized carbons (Fsp3) is 0.308. The zero-order chi connectivity index (χ0) is 14.2. The quantitative estimate of drug-likeness (QED) is 0.627. The van der Waals surface area contributed by atoms with Crippen LogP contribution in [0.25, 0.3) is 0 Å². The number of amides is 1. The lowest BCUT2D eigenvalue weighted by molar-refractivity contribution is -0.137. The molecule has 0 aromatic heterocycles. The van der Waals surface area contributed by atoms with Gasteiger partial charge in [-0.05, 0) is 18.2 Å². The van der Waals surface area contributed by atoms with Crippen LogP contribution in [0.5, 0.6) is 0 Å². The third-order valence-electron chi connectivity index (χ3n) is 3.01. The number of alkyl halides is 3. The van der Waals surface area contributed by atoms with Crippen molar-refractivity contribution in [3.63, 3.8) is 0 Å². The van der Waals surface area contributed by atoms with E-state index < -0.39 is 11.7 Å². The Morgan fingerprint density at radius 2 is 2.11 bits per heavy atom. The number of anilines is 2. The minimum atomic E-state index is -4.48. The van der Waals surface area contributed by atoms with Gasteiger partial charge >= 0.3 is 6.18 Å². The Balaban J connectivity index is 2.40. The molecule has 3 nitrogen and oxygen atoms in total. The van der Waals surface area contributed by atoms with E-state index in [2.05, 4.69) is 5.92 Å². The molecule has 0 spiro atoms. The second-order valence-electron chi connectivity index (χ2n) is 4.34. The number of nitrogens with two attached hydrogens (primary N) is 1. The van der Waals surface area contributed by atoms with Crippen molar-refractivity contribution in [3.05, 3.63) is 23.8 Å². The molecule has 1 fully saturated rings. The van der Waals surface area contributed by atoms with E-state index in [1.165, 1.54) is 4.90 Å². The average molecular weight is 268 g/mol. The summed E-state index contributed by atoms with van der Waals surface area (Å²) >= 11 is 0. The third kappa shape index (κ3) is 2.50. The fourth-order valence-electron chi connectivity index (χ4n) is 2.01. The molecule has 1 aliphatic heterocycles. The molecular weight excluding hydrogens is 257 g/mol. The highest BCUT2D eigenvalue weighted by atomic mass is 19.4. The van der Waals surface area contributed by atoms with E-state index in [0.717, 1.165) is 18.2 Å². The van der Waals surface area contributed by atoms with Gasteiger partial charge in [0.2, 0.25) is 5.91 Å². The van der Waals surface area contributed by atoms with Gasteiger partial charge in [0.25, 0.3) is 0 Å². The molecule has 100 valence electrons. The Bertz CT molecular complexity index is 560. The van der Waals surface area contributed by atoms with Gasteiger partial charge < -0.3 is 10.6 Å². The molecule has 0 radical (unpaired) electrons. The summed E-state index contributed by atoms with van der Waals surface area (Å²) in [6, 6.07) is 2.92. The highest BCUT2D eigenvalue weighted by Crippen LogP contribution is 2.36. The van der Waals surface area contributed by atoms with Crippen LogP contribution in [-0.2, 0) is 11.0 Å². The van der Waals surface area contributed by atoms with Crippen LogP contribution >= 0.6 is 0 Å². The predicted molar refractivity (Wildman–Crippen MR) is 65.1 cm³/mol. The minimum absolute atomic E-state index is 0.0672. The molecular formula is C13H11F3N2O. The van der Waals surface area contributed by atoms with Crippen LogP contribution in [-0.4, -0.2) is 12.5 Å². The van der Waals surface area contributed by atoms with Crippen LogP contribution in [0, 0.1) is 18.3 Å². The highest BCUT2D eigenvalue weighted by Gasteiger charge is 2.34. The molecule has 1 amide bonds. The fourth-order valence-corrected chi connectivity index (χ4v) is 2.01. The first-order valence-corrected chi connectivity index (χ1v) is 5.56. The van der Waals surface area contributed by atoms with Crippen molar-refractivity contribution in [2.24, 2.45) is 5.92 Å². The van der Waals surface area contributed by atoms with Crippen molar-refractivity contribution < 1.29 is 18.0 Å². The summed E-state index contributed by atoms with van der Waals surface area (Å²) in [5.74, 6) is 1.83. The molecule has 1 saturated heterocycles. The topological polar surface area (TPSA) is 46.3 Å². The zero-order valence-corrected chi connectivity index (χ0v) is 9.87.